The summed E-state index contributed by atoms with van der Waals surface area (Å²) in [6, 6.07) is 10.2. The summed E-state index contributed by atoms with van der Waals surface area (Å²) in [5.74, 6) is 4.66. The van der Waals surface area contributed by atoms with Crippen LogP contribution in [0.25, 0.3) is 5.57 Å². The van der Waals surface area contributed by atoms with Crippen LogP contribution in [0.2, 0.25) is 0 Å². The van der Waals surface area contributed by atoms with Crippen molar-refractivity contribution in [3.05, 3.63) is 144 Å². The quantitative estimate of drug-likeness (QED) is 0.332. The molecule has 1 aromatic rings. The molecule has 0 N–H and O–H groups in total. The number of hydrogen-bond donors (Lipinski definition) is 0. The van der Waals surface area contributed by atoms with E-state index in [0.29, 0.717) is 29.8 Å². The topological polar surface area (TPSA) is 3.24 Å². The molecule has 9 rings (SSSR count). The highest BCUT2D eigenvalue weighted by Crippen LogP contribution is 2.57. The van der Waals surface area contributed by atoms with E-state index < -0.39 is 0 Å². The lowest BCUT2D eigenvalue weighted by Gasteiger charge is -2.51. The normalized spacial score (nSPS) is 38.2. The molecule has 1 heteroatoms. The summed E-state index contributed by atoms with van der Waals surface area (Å²) in [7, 11) is 0. The number of benzene rings is 1. The van der Waals surface area contributed by atoms with E-state index in [1.54, 1.807) is 11.1 Å². The van der Waals surface area contributed by atoms with Crippen molar-refractivity contribution < 1.29 is 0 Å². The van der Waals surface area contributed by atoms with Crippen LogP contribution in [0, 0.1) is 41.4 Å². The molecule has 0 bridgehead atoms. The maximum absolute atomic E-state index is 2.72. The molecule has 8 aliphatic rings. The fourth-order valence-corrected chi connectivity index (χ4v) is 10.2. The van der Waals surface area contributed by atoms with Crippen molar-refractivity contribution in [3.8, 4) is 0 Å². The van der Waals surface area contributed by atoms with Crippen LogP contribution in [0.1, 0.15) is 50.5 Å². The van der Waals surface area contributed by atoms with E-state index in [2.05, 4.69) is 126 Å². The predicted octanol–water partition coefficient (Wildman–Crippen LogP) is 9.88. The number of hydrogen-bond acceptors (Lipinski definition) is 1. The smallest absolute Gasteiger partial charge is 0.0557 e. The molecule has 9 unspecified atom stereocenters. The Morgan fingerprint density at radius 1 is 0.628 bits per heavy atom. The zero-order valence-electron chi connectivity index (χ0n) is 25.1. The summed E-state index contributed by atoms with van der Waals surface area (Å²) in [5.41, 5.74) is 8.93. The first-order chi connectivity index (χ1) is 21.3. The maximum atomic E-state index is 2.72. The minimum atomic E-state index is 0.364. The van der Waals surface area contributed by atoms with Crippen LogP contribution in [0.15, 0.2) is 138 Å². The fraction of sp³-hybridized carbons (Fsp3) is 0.381. The van der Waals surface area contributed by atoms with Gasteiger partial charge in [0.2, 0.25) is 0 Å². The largest absolute Gasteiger partial charge is 0.357 e. The molecule has 0 amide bonds. The number of nitrogens with zero attached hydrogens (tertiary/aromatic N) is 1. The Morgan fingerprint density at radius 2 is 1.47 bits per heavy atom. The van der Waals surface area contributed by atoms with E-state index in [0.717, 1.165) is 36.5 Å². The van der Waals surface area contributed by atoms with E-state index in [9.17, 15) is 0 Å². The van der Waals surface area contributed by atoms with Gasteiger partial charge in [-0.05, 0) is 109 Å². The van der Waals surface area contributed by atoms with E-state index in [-0.39, 0.29) is 0 Å². The zero-order valence-corrected chi connectivity index (χ0v) is 25.1. The maximum Gasteiger partial charge on any atom is 0.0557 e. The molecule has 9 atom stereocenters. The molecule has 2 fully saturated rings. The monoisotopic (exact) mass is 561 g/mol. The molecule has 0 radical (unpaired) electrons. The van der Waals surface area contributed by atoms with Gasteiger partial charge in [0.1, 0.15) is 0 Å². The summed E-state index contributed by atoms with van der Waals surface area (Å²) in [4.78, 5) is 2.72. The van der Waals surface area contributed by atoms with Crippen LogP contribution >= 0.6 is 0 Å². The Kier molecular flexibility index (Phi) is 6.35. The van der Waals surface area contributed by atoms with Gasteiger partial charge in [-0.1, -0.05) is 115 Å². The number of fused-ring (bicyclic) bond motifs is 9. The second-order valence-electron chi connectivity index (χ2n) is 14.0. The van der Waals surface area contributed by atoms with Gasteiger partial charge in [0.15, 0.2) is 0 Å². The summed E-state index contributed by atoms with van der Waals surface area (Å²) in [6.45, 7) is 0. The first-order valence-corrected chi connectivity index (χ1v) is 17.1. The highest BCUT2D eigenvalue weighted by Gasteiger charge is 2.50. The highest BCUT2D eigenvalue weighted by molar-refractivity contribution is 5.76. The van der Waals surface area contributed by atoms with Gasteiger partial charge in [-0.15, -0.1) is 0 Å². The van der Waals surface area contributed by atoms with Crippen LogP contribution in [-0.2, 0) is 0 Å². The minimum absolute atomic E-state index is 0.364. The molecule has 43 heavy (non-hydrogen) atoms. The standard InChI is InChI=1S/C42H43N/c1-2-11-28(12-3-1)29-21-24-31(25-22-29)43-40-19-9-8-17-38(40)42-32(18-10-20-41(42)43)30-23-26-37-35-15-5-4-13-33(35)34-14-6-7-16-36(34)39(37)27-30/h2,4,6,8-14,17-25,27,33-38,40-42H,1,3,5,7,15-16,26H2. The lowest BCUT2D eigenvalue weighted by atomic mass is 9.53. The van der Waals surface area contributed by atoms with Crippen molar-refractivity contribution in [2.45, 2.75) is 57.0 Å². The number of rotatable bonds is 3. The van der Waals surface area contributed by atoms with Crippen molar-refractivity contribution in [1.29, 1.82) is 0 Å². The molecule has 1 heterocycles. The van der Waals surface area contributed by atoms with Crippen LogP contribution < -0.4 is 4.90 Å². The molecule has 1 saturated heterocycles. The third-order valence-electron chi connectivity index (χ3n) is 12.1. The summed E-state index contributed by atoms with van der Waals surface area (Å²) in [6.07, 6.45) is 48.0. The van der Waals surface area contributed by atoms with Crippen molar-refractivity contribution in [3.63, 3.8) is 0 Å². The Labute approximate surface area is 257 Å². The average molecular weight is 562 g/mol. The van der Waals surface area contributed by atoms with E-state index in [1.165, 1.54) is 54.5 Å². The molecule has 1 nitrogen and oxygen atoms in total. The van der Waals surface area contributed by atoms with Gasteiger partial charge < -0.3 is 4.90 Å². The van der Waals surface area contributed by atoms with Crippen LogP contribution in [-0.4, -0.2) is 12.1 Å². The van der Waals surface area contributed by atoms with Crippen molar-refractivity contribution in [1.82, 2.24) is 0 Å². The van der Waals surface area contributed by atoms with Gasteiger partial charge in [0.25, 0.3) is 0 Å². The lowest BCUT2D eigenvalue weighted by molar-refractivity contribution is 0.126. The highest BCUT2D eigenvalue weighted by atomic mass is 15.2. The van der Waals surface area contributed by atoms with Gasteiger partial charge in [-0.25, -0.2) is 0 Å². The minimum Gasteiger partial charge on any atom is -0.357 e. The third-order valence-corrected chi connectivity index (χ3v) is 12.1. The second-order valence-corrected chi connectivity index (χ2v) is 14.0. The fourth-order valence-electron chi connectivity index (χ4n) is 10.2. The summed E-state index contributed by atoms with van der Waals surface area (Å²) >= 11 is 0. The van der Waals surface area contributed by atoms with Crippen molar-refractivity contribution in [2.24, 2.45) is 41.4 Å². The summed E-state index contributed by atoms with van der Waals surface area (Å²) < 4.78 is 0. The SMILES string of the molecule is C1=CC2C3C(C4=CCC5C(=C4)C4CCC=CC4C4C=CCCC54)=CC=CC3N(c3ccc(C4=CCCC=C4)cc3)C2C=C1. The first-order valence-electron chi connectivity index (χ1n) is 17.1. The Bertz CT molecular complexity index is 1600. The van der Waals surface area contributed by atoms with E-state index in [4.69, 9.17) is 0 Å². The van der Waals surface area contributed by atoms with E-state index in [1.807, 2.05) is 0 Å². The number of anilines is 1. The molecular weight excluding hydrogens is 518 g/mol. The van der Waals surface area contributed by atoms with Gasteiger partial charge >= 0.3 is 0 Å². The van der Waals surface area contributed by atoms with Gasteiger partial charge in [-0.3, -0.25) is 0 Å². The Balaban J connectivity index is 1.05. The average Bonchev–Trinajstić information content (AvgIpc) is 3.43. The second kappa shape index (κ2) is 10.5. The van der Waals surface area contributed by atoms with Crippen LogP contribution in [0.3, 0.4) is 0 Å². The molecule has 0 aromatic heterocycles. The Hall–Kier alpha value is -3.58. The molecule has 1 saturated carbocycles. The van der Waals surface area contributed by atoms with Crippen LogP contribution in [0.5, 0.6) is 0 Å². The van der Waals surface area contributed by atoms with Gasteiger partial charge in [0, 0.05) is 17.5 Å². The molecule has 0 spiro atoms. The molecule has 1 aliphatic heterocycles. The molecule has 7 aliphatic carbocycles. The molecular formula is C42H43N. The first kappa shape index (κ1) is 25.9. The van der Waals surface area contributed by atoms with Gasteiger partial charge in [-0.2, -0.15) is 0 Å². The predicted molar refractivity (Wildman–Crippen MR) is 180 cm³/mol. The van der Waals surface area contributed by atoms with Crippen molar-refractivity contribution in [2.75, 3.05) is 4.90 Å². The zero-order chi connectivity index (χ0) is 28.3. The molecule has 216 valence electrons. The van der Waals surface area contributed by atoms with Gasteiger partial charge in [0.05, 0.1) is 12.1 Å². The Morgan fingerprint density at radius 3 is 2.35 bits per heavy atom. The lowest BCUT2D eigenvalue weighted by Crippen LogP contribution is -2.43. The van der Waals surface area contributed by atoms with E-state index >= 15 is 0 Å². The number of allylic oxidation sites excluding steroid dienone is 16. The van der Waals surface area contributed by atoms with Crippen LogP contribution in [0.4, 0.5) is 5.69 Å². The molecule has 1 aromatic carbocycles. The summed E-state index contributed by atoms with van der Waals surface area (Å²) in [5, 5.41) is 0. The third kappa shape index (κ3) is 4.18. The van der Waals surface area contributed by atoms with Crippen molar-refractivity contribution >= 4 is 11.3 Å².